The first-order valence-electron chi connectivity index (χ1n) is 10.7. The van der Waals surface area contributed by atoms with E-state index in [4.69, 9.17) is 0 Å². The number of unbranched alkanes of at least 4 members (excludes halogenated alkanes) is 1. The van der Waals surface area contributed by atoms with Gasteiger partial charge in [-0.1, -0.05) is 34.1 Å². The Kier molecular flexibility index (Phi) is 7.03. The fraction of sp³-hybridized carbons (Fsp3) is 0.773. The Labute approximate surface area is 179 Å². The van der Waals surface area contributed by atoms with Crippen molar-refractivity contribution in [2.45, 2.75) is 92.2 Å². The fourth-order valence-electron chi connectivity index (χ4n) is 3.92. The van der Waals surface area contributed by atoms with Gasteiger partial charge in [-0.3, -0.25) is 8.75 Å². The van der Waals surface area contributed by atoms with Crippen LogP contribution in [-0.4, -0.2) is 29.0 Å². The van der Waals surface area contributed by atoms with Gasteiger partial charge < -0.3 is 10.6 Å². The van der Waals surface area contributed by atoms with E-state index in [2.05, 4.69) is 67.3 Å². The number of nitrogens with zero attached hydrogens (tertiary/aromatic N) is 2. The molecule has 6 nitrogen and oxygen atoms in total. The summed E-state index contributed by atoms with van der Waals surface area (Å²) in [5.41, 5.74) is 0.110. The summed E-state index contributed by atoms with van der Waals surface area (Å²) in [6.07, 6.45) is 6.77. The average Bonchev–Trinajstić information content (AvgIpc) is 3.14. The van der Waals surface area contributed by atoms with Crippen LogP contribution in [0.3, 0.4) is 0 Å². The first-order chi connectivity index (χ1) is 13.4. The molecule has 1 aromatic heterocycles. The first kappa shape index (κ1) is 23.6. The Hall–Kier alpha value is -1.63. The molecule has 0 spiro atoms. The SMILES string of the molecule is CCCCc1cn(C(C)(C)C)sc1=NC(=O)[C@]1(C)CC[C@H](NC(=O)NC)C1(C)C. The van der Waals surface area contributed by atoms with Crippen LogP contribution >= 0.6 is 11.5 Å². The van der Waals surface area contributed by atoms with Crippen LogP contribution in [0.25, 0.3) is 0 Å². The van der Waals surface area contributed by atoms with Crippen LogP contribution in [0.2, 0.25) is 0 Å². The molecule has 1 saturated carbocycles. The van der Waals surface area contributed by atoms with Crippen LogP contribution in [0.5, 0.6) is 0 Å². The third-order valence-corrected chi connectivity index (χ3v) is 8.00. The van der Waals surface area contributed by atoms with Gasteiger partial charge in [-0.2, -0.15) is 0 Å². The van der Waals surface area contributed by atoms with E-state index in [-0.39, 0.29) is 28.9 Å². The van der Waals surface area contributed by atoms with E-state index in [1.807, 2.05) is 6.92 Å². The highest BCUT2D eigenvalue weighted by molar-refractivity contribution is 7.04. The quantitative estimate of drug-likeness (QED) is 0.746. The predicted molar refractivity (Wildman–Crippen MR) is 119 cm³/mol. The minimum absolute atomic E-state index is 0.0402. The lowest BCUT2D eigenvalue weighted by Crippen LogP contribution is -2.51. The molecule has 0 aromatic carbocycles. The topological polar surface area (TPSA) is 75.5 Å². The molecule has 0 aliphatic heterocycles. The Morgan fingerprint density at radius 3 is 2.52 bits per heavy atom. The van der Waals surface area contributed by atoms with Crippen molar-refractivity contribution in [3.63, 3.8) is 0 Å². The molecule has 29 heavy (non-hydrogen) atoms. The second-order valence-electron chi connectivity index (χ2n) is 9.94. The van der Waals surface area contributed by atoms with Gasteiger partial charge in [0.1, 0.15) is 4.67 Å². The molecule has 1 aromatic rings. The van der Waals surface area contributed by atoms with Gasteiger partial charge in [-0.05, 0) is 63.4 Å². The summed E-state index contributed by atoms with van der Waals surface area (Å²) in [6, 6.07) is -0.267. The summed E-state index contributed by atoms with van der Waals surface area (Å²) in [6.45, 7) is 14.8. The van der Waals surface area contributed by atoms with Crippen molar-refractivity contribution in [2.75, 3.05) is 7.05 Å². The molecular formula is C22H38N4O2S. The second kappa shape index (κ2) is 8.62. The van der Waals surface area contributed by atoms with Gasteiger partial charge in [0.2, 0.25) is 0 Å². The lowest BCUT2D eigenvalue weighted by Gasteiger charge is -2.39. The van der Waals surface area contributed by atoms with E-state index in [1.54, 1.807) is 18.6 Å². The van der Waals surface area contributed by atoms with Gasteiger partial charge in [0.25, 0.3) is 5.91 Å². The largest absolute Gasteiger partial charge is 0.341 e. The van der Waals surface area contributed by atoms with Crippen molar-refractivity contribution < 1.29 is 9.59 Å². The summed E-state index contributed by atoms with van der Waals surface area (Å²) in [5.74, 6) is -0.0793. The zero-order valence-corrected chi connectivity index (χ0v) is 20.1. The van der Waals surface area contributed by atoms with Crippen molar-refractivity contribution >= 4 is 23.5 Å². The van der Waals surface area contributed by atoms with E-state index >= 15 is 0 Å². The number of nitrogens with one attached hydrogen (secondary N) is 2. The van der Waals surface area contributed by atoms with Crippen molar-refractivity contribution in [1.29, 1.82) is 0 Å². The number of aryl methyl sites for hydroxylation is 1. The number of hydrogen-bond acceptors (Lipinski definition) is 3. The summed E-state index contributed by atoms with van der Waals surface area (Å²) in [4.78, 5) is 29.9. The summed E-state index contributed by atoms with van der Waals surface area (Å²) in [7, 11) is 1.61. The highest BCUT2D eigenvalue weighted by Gasteiger charge is 2.56. The average molecular weight is 423 g/mol. The number of urea groups is 1. The molecule has 1 heterocycles. The highest BCUT2D eigenvalue weighted by Crippen LogP contribution is 2.53. The van der Waals surface area contributed by atoms with Crippen molar-refractivity contribution in [3.05, 3.63) is 16.4 Å². The maximum absolute atomic E-state index is 13.4. The third-order valence-electron chi connectivity index (χ3n) is 6.63. The van der Waals surface area contributed by atoms with Gasteiger partial charge in [-0.15, -0.1) is 0 Å². The van der Waals surface area contributed by atoms with Gasteiger partial charge in [-0.25, -0.2) is 9.79 Å². The molecule has 1 aliphatic carbocycles. The van der Waals surface area contributed by atoms with Crippen LogP contribution in [0, 0.1) is 10.8 Å². The Morgan fingerprint density at radius 1 is 1.31 bits per heavy atom. The van der Waals surface area contributed by atoms with E-state index in [1.165, 1.54) is 0 Å². The highest BCUT2D eigenvalue weighted by atomic mass is 32.1. The molecular weight excluding hydrogens is 384 g/mol. The lowest BCUT2D eigenvalue weighted by molar-refractivity contribution is -0.131. The van der Waals surface area contributed by atoms with Crippen molar-refractivity contribution in [1.82, 2.24) is 14.6 Å². The van der Waals surface area contributed by atoms with Gasteiger partial charge in [0.05, 0.1) is 5.41 Å². The van der Waals surface area contributed by atoms with E-state index in [0.29, 0.717) is 6.42 Å². The Bertz CT molecular complexity index is 816. The maximum atomic E-state index is 13.4. The Morgan fingerprint density at radius 2 is 1.97 bits per heavy atom. The molecule has 7 heteroatoms. The molecule has 1 fully saturated rings. The summed E-state index contributed by atoms with van der Waals surface area (Å²) >= 11 is 1.57. The standard InChI is InChI=1S/C22H38N4O2S/c1-9-10-11-15-14-26(20(2,3)4)29-17(15)25-18(27)22(7)13-12-16(21(22,5)6)24-19(28)23-8/h14,16H,9-13H2,1-8H3,(H2,23,24,28)/t16-,22-/m0/s1. The summed E-state index contributed by atoms with van der Waals surface area (Å²) < 4.78 is 3.03. The lowest BCUT2D eigenvalue weighted by atomic mass is 9.67. The number of aromatic nitrogens is 1. The van der Waals surface area contributed by atoms with E-state index < -0.39 is 5.41 Å². The molecule has 164 valence electrons. The van der Waals surface area contributed by atoms with Crippen LogP contribution < -0.4 is 15.3 Å². The van der Waals surface area contributed by atoms with Crippen molar-refractivity contribution in [3.8, 4) is 0 Å². The molecule has 3 amide bonds. The minimum Gasteiger partial charge on any atom is -0.341 e. The maximum Gasteiger partial charge on any atom is 0.314 e. The van der Waals surface area contributed by atoms with Crippen LogP contribution in [-0.2, 0) is 16.8 Å². The first-order valence-corrected chi connectivity index (χ1v) is 11.4. The molecule has 0 saturated heterocycles. The number of carbonyl (C=O) groups is 2. The van der Waals surface area contributed by atoms with Gasteiger partial charge in [0, 0.05) is 30.4 Å². The van der Waals surface area contributed by atoms with E-state index in [9.17, 15) is 9.59 Å². The number of rotatable bonds is 5. The molecule has 0 unspecified atom stereocenters. The van der Waals surface area contributed by atoms with Gasteiger partial charge in [0.15, 0.2) is 0 Å². The zero-order valence-electron chi connectivity index (χ0n) is 19.3. The van der Waals surface area contributed by atoms with Crippen LogP contribution in [0.1, 0.15) is 79.7 Å². The number of hydrogen-bond donors (Lipinski definition) is 2. The zero-order chi connectivity index (χ0) is 22.0. The normalized spacial score (nSPS) is 24.6. The van der Waals surface area contributed by atoms with E-state index in [0.717, 1.165) is 35.9 Å². The smallest absolute Gasteiger partial charge is 0.314 e. The number of carbonyl (C=O) groups excluding carboxylic acids is 2. The third kappa shape index (κ3) is 4.76. The monoisotopic (exact) mass is 422 g/mol. The van der Waals surface area contributed by atoms with Crippen LogP contribution in [0.4, 0.5) is 4.79 Å². The predicted octanol–water partition coefficient (Wildman–Crippen LogP) is 4.20. The molecule has 2 N–H and O–H groups in total. The molecule has 2 atom stereocenters. The molecule has 1 aliphatic rings. The summed E-state index contributed by atoms with van der Waals surface area (Å²) in [5, 5.41) is 5.62. The van der Waals surface area contributed by atoms with Crippen molar-refractivity contribution in [2.24, 2.45) is 15.8 Å². The molecule has 0 bridgehead atoms. The minimum atomic E-state index is -0.614. The Balaban J connectivity index is 2.40. The van der Waals surface area contributed by atoms with Gasteiger partial charge >= 0.3 is 6.03 Å². The second-order valence-corrected chi connectivity index (χ2v) is 10.9. The molecule has 0 radical (unpaired) electrons. The fourth-order valence-corrected chi connectivity index (χ4v) is 4.95. The molecule has 2 rings (SSSR count). The van der Waals surface area contributed by atoms with Crippen LogP contribution in [0.15, 0.2) is 11.2 Å². The number of amides is 3.